The Labute approximate surface area is 93.8 Å². The standard InChI is InChI=1S/C11H13N5/c1-8(9-2-5-13-6-3-9)15-11-14-7-4-10(12)16-11/h2-8H,1H3,(H3,12,14,15,16). The van der Waals surface area contributed by atoms with E-state index in [9.17, 15) is 0 Å². The third-order valence-electron chi connectivity index (χ3n) is 2.23. The number of rotatable bonds is 3. The third-order valence-corrected chi connectivity index (χ3v) is 2.23. The number of anilines is 2. The number of nitrogen functional groups attached to an aromatic ring is 1. The van der Waals surface area contributed by atoms with Crippen LogP contribution in [0.25, 0.3) is 0 Å². The van der Waals surface area contributed by atoms with Crippen LogP contribution in [0.5, 0.6) is 0 Å². The number of hydrogen-bond acceptors (Lipinski definition) is 5. The predicted octanol–water partition coefficient (Wildman–Crippen LogP) is 1.63. The molecule has 5 heteroatoms. The molecule has 0 saturated heterocycles. The molecule has 1 atom stereocenters. The Morgan fingerprint density at radius 2 is 1.94 bits per heavy atom. The van der Waals surface area contributed by atoms with Gasteiger partial charge >= 0.3 is 0 Å². The van der Waals surface area contributed by atoms with Crippen molar-refractivity contribution in [3.63, 3.8) is 0 Å². The molecule has 16 heavy (non-hydrogen) atoms. The van der Waals surface area contributed by atoms with Gasteiger partial charge in [0.25, 0.3) is 0 Å². The second-order valence-corrected chi connectivity index (χ2v) is 3.45. The Morgan fingerprint density at radius 3 is 2.62 bits per heavy atom. The topological polar surface area (TPSA) is 76.7 Å². The van der Waals surface area contributed by atoms with Gasteiger partial charge in [-0.3, -0.25) is 4.98 Å². The molecule has 2 aromatic heterocycles. The molecule has 1 unspecified atom stereocenters. The number of aromatic nitrogens is 3. The summed E-state index contributed by atoms with van der Waals surface area (Å²) in [5, 5.41) is 3.17. The van der Waals surface area contributed by atoms with Gasteiger partial charge in [0, 0.05) is 18.6 Å². The quantitative estimate of drug-likeness (QED) is 0.813. The van der Waals surface area contributed by atoms with Crippen LogP contribution >= 0.6 is 0 Å². The molecule has 0 saturated carbocycles. The maximum absolute atomic E-state index is 5.57. The van der Waals surface area contributed by atoms with E-state index < -0.39 is 0 Å². The molecule has 2 heterocycles. The summed E-state index contributed by atoms with van der Waals surface area (Å²) in [6.45, 7) is 2.03. The minimum atomic E-state index is 0.116. The van der Waals surface area contributed by atoms with Crippen molar-refractivity contribution < 1.29 is 0 Å². The predicted molar refractivity (Wildman–Crippen MR) is 62.7 cm³/mol. The van der Waals surface area contributed by atoms with Crippen LogP contribution < -0.4 is 11.1 Å². The summed E-state index contributed by atoms with van der Waals surface area (Å²) in [7, 11) is 0. The van der Waals surface area contributed by atoms with Crippen LogP contribution in [0.2, 0.25) is 0 Å². The van der Waals surface area contributed by atoms with E-state index in [0.717, 1.165) is 5.56 Å². The van der Waals surface area contributed by atoms with E-state index in [1.807, 2.05) is 19.1 Å². The molecule has 0 aliphatic rings. The molecule has 0 spiro atoms. The highest BCUT2D eigenvalue weighted by Crippen LogP contribution is 2.15. The van der Waals surface area contributed by atoms with E-state index in [1.54, 1.807) is 24.7 Å². The van der Waals surface area contributed by atoms with Gasteiger partial charge in [-0.25, -0.2) is 4.98 Å². The first kappa shape index (κ1) is 10.4. The second kappa shape index (κ2) is 4.57. The zero-order valence-corrected chi connectivity index (χ0v) is 8.96. The van der Waals surface area contributed by atoms with Crippen molar-refractivity contribution in [1.29, 1.82) is 0 Å². The van der Waals surface area contributed by atoms with Gasteiger partial charge in [0.2, 0.25) is 5.95 Å². The Bertz CT molecular complexity index is 457. The largest absolute Gasteiger partial charge is 0.384 e. The Morgan fingerprint density at radius 1 is 1.19 bits per heavy atom. The summed E-state index contributed by atoms with van der Waals surface area (Å²) < 4.78 is 0. The van der Waals surface area contributed by atoms with Gasteiger partial charge < -0.3 is 11.1 Å². The molecule has 2 rings (SSSR count). The van der Waals surface area contributed by atoms with E-state index >= 15 is 0 Å². The van der Waals surface area contributed by atoms with E-state index in [-0.39, 0.29) is 6.04 Å². The first-order valence-electron chi connectivity index (χ1n) is 5.00. The molecule has 2 aromatic rings. The lowest BCUT2D eigenvalue weighted by Gasteiger charge is -2.13. The summed E-state index contributed by atoms with van der Waals surface area (Å²) in [5.74, 6) is 0.990. The fourth-order valence-corrected chi connectivity index (χ4v) is 1.37. The number of nitrogens with one attached hydrogen (secondary N) is 1. The highest BCUT2D eigenvalue weighted by Gasteiger charge is 2.06. The summed E-state index contributed by atoms with van der Waals surface area (Å²) in [4.78, 5) is 12.1. The lowest BCUT2D eigenvalue weighted by Crippen LogP contribution is -2.10. The molecule has 0 amide bonds. The van der Waals surface area contributed by atoms with Crippen molar-refractivity contribution >= 4 is 11.8 Å². The second-order valence-electron chi connectivity index (χ2n) is 3.45. The van der Waals surface area contributed by atoms with Crippen LogP contribution in [0.4, 0.5) is 11.8 Å². The van der Waals surface area contributed by atoms with Crippen molar-refractivity contribution in [3.05, 3.63) is 42.4 Å². The van der Waals surface area contributed by atoms with Gasteiger partial charge in [-0.05, 0) is 30.7 Å². The first-order valence-corrected chi connectivity index (χ1v) is 5.00. The van der Waals surface area contributed by atoms with Crippen molar-refractivity contribution in [2.24, 2.45) is 0 Å². The number of nitrogens with two attached hydrogens (primary N) is 1. The number of hydrogen-bond donors (Lipinski definition) is 2. The maximum Gasteiger partial charge on any atom is 0.225 e. The van der Waals surface area contributed by atoms with Gasteiger partial charge in [-0.2, -0.15) is 4.98 Å². The maximum atomic E-state index is 5.57. The minimum Gasteiger partial charge on any atom is -0.384 e. The zero-order chi connectivity index (χ0) is 11.4. The average Bonchev–Trinajstić information content (AvgIpc) is 2.30. The molecule has 0 fully saturated rings. The molecule has 3 N–H and O–H groups in total. The molecule has 0 aliphatic carbocycles. The van der Waals surface area contributed by atoms with E-state index in [4.69, 9.17) is 5.73 Å². The Hall–Kier alpha value is -2.17. The van der Waals surface area contributed by atoms with Crippen molar-refractivity contribution in [3.8, 4) is 0 Å². The van der Waals surface area contributed by atoms with Crippen LogP contribution in [-0.4, -0.2) is 15.0 Å². The summed E-state index contributed by atoms with van der Waals surface area (Å²) in [6.07, 6.45) is 5.14. The van der Waals surface area contributed by atoms with Crippen LogP contribution in [0.3, 0.4) is 0 Å². The van der Waals surface area contributed by atoms with Crippen LogP contribution in [-0.2, 0) is 0 Å². The molecule has 0 aromatic carbocycles. The molecular formula is C11H13N5. The Kier molecular flexibility index (Phi) is 2.95. The summed E-state index contributed by atoms with van der Waals surface area (Å²) >= 11 is 0. The number of nitrogens with zero attached hydrogens (tertiary/aromatic N) is 3. The monoisotopic (exact) mass is 215 g/mol. The zero-order valence-electron chi connectivity index (χ0n) is 8.96. The van der Waals surface area contributed by atoms with Crippen molar-refractivity contribution in [2.45, 2.75) is 13.0 Å². The lowest BCUT2D eigenvalue weighted by molar-refractivity contribution is 0.858. The first-order chi connectivity index (χ1) is 7.75. The van der Waals surface area contributed by atoms with Gasteiger partial charge in [0.1, 0.15) is 5.82 Å². The fraction of sp³-hybridized carbons (Fsp3) is 0.182. The van der Waals surface area contributed by atoms with E-state index in [2.05, 4.69) is 20.3 Å². The highest BCUT2D eigenvalue weighted by molar-refractivity contribution is 5.37. The van der Waals surface area contributed by atoms with Crippen LogP contribution in [0.15, 0.2) is 36.8 Å². The molecular weight excluding hydrogens is 202 g/mol. The van der Waals surface area contributed by atoms with Gasteiger partial charge in [-0.15, -0.1) is 0 Å². The molecule has 82 valence electrons. The van der Waals surface area contributed by atoms with Gasteiger partial charge in [-0.1, -0.05) is 0 Å². The average molecular weight is 215 g/mol. The number of pyridine rings is 1. The fourth-order valence-electron chi connectivity index (χ4n) is 1.37. The van der Waals surface area contributed by atoms with Gasteiger partial charge in [0.05, 0.1) is 6.04 Å². The SMILES string of the molecule is CC(Nc1nccc(N)n1)c1ccncc1. The third kappa shape index (κ3) is 2.44. The van der Waals surface area contributed by atoms with Crippen LogP contribution in [0.1, 0.15) is 18.5 Å². The smallest absolute Gasteiger partial charge is 0.225 e. The molecule has 0 bridgehead atoms. The lowest BCUT2D eigenvalue weighted by atomic mass is 10.1. The van der Waals surface area contributed by atoms with Gasteiger partial charge in [0.15, 0.2) is 0 Å². The minimum absolute atomic E-state index is 0.116. The summed E-state index contributed by atoms with van der Waals surface area (Å²) in [5.41, 5.74) is 6.70. The van der Waals surface area contributed by atoms with E-state index in [0.29, 0.717) is 11.8 Å². The van der Waals surface area contributed by atoms with Crippen molar-refractivity contribution in [1.82, 2.24) is 15.0 Å². The van der Waals surface area contributed by atoms with E-state index in [1.165, 1.54) is 0 Å². The van der Waals surface area contributed by atoms with Crippen LogP contribution in [0, 0.1) is 0 Å². The highest BCUT2D eigenvalue weighted by atomic mass is 15.1. The Balaban J connectivity index is 2.11. The normalized spacial score (nSPS) is 12.1. The molecule has 0 aliphatic heterocycles. The van der Waals surface area contributed by atoms with Crippen molar-refractivity contribution in [2.75, 3.05) is 11.1 Å². The molecule has 5 nitrogen and oxygen atoms in total. The summed E-state index contributed by atoms with van der Waals surface area (Å²) in [6, 6.07) is 5.67. The molecule has 0 radical (unpaired) electrons.